The van der Waals surface area contributed by atoms with Crippen LogP contribution in [0, 0.1) is 6.92 Å². The number of para-hydroxylation sites is 2. The molecule has 0 bridgehead atoms. The van der Waals surface area contributed by atoms with E-state index < -0.39 is 17.8 Å². The Hall–Kier alpha value is -4.98. The van der Waals surface area contributed by atoms with Gasteiger partial charge in [-0.15, -0.1) is 0 Å². The van der Waals surface area contributed by atoms with Gasteiger partial charge in [0, 0.05) is 28.4 Å². The van der Waals surface area contributed by atoms with Gasteiger partial charge in [0.05, 0.1) is 5.69 Å². The second kappa shape index (κ2) is 9.34. The summed E-state index contributed by atoms with van der Waals surface area (Å²) in [5.74, 6) is -1.70. The maximum absolute atomic E-state index is 13.3. The van der Waals surface area contributed by atoms with Crippen molar-refractivity contribution in [2.24, 2.45) is 0 Å². The van der Waals surface area contributed by atoms with E-state index >= 15 is 0 Å². The molecule has 0 saturated carbocycles. The van der Waals surface area contributed by atoms with E-state index in [1.165, 1.54) is 6.08 Å². The van der Waals surface area contributed by atoms with Crippen LogP contribution in [0.2, 0.25) is 0 Å². The van der Waals surface area contributed by atoms with Gasteiger partial charge in [0.25, 0.3) is 11.8 Å². The summed E-state index contributed by atoms with van der Waals surface area (Å²) in [4.78, 5) is 52.1. The monoisotopic (exact) mass is 478 g/mol. The fraction of sp³-hybridized carbons (Fsp3) is 0.0714. The van der Waals surface area contributed by atoms with Gasteiger partial charge in [-0.25, -0.2) is 9.69 Å². The molecule has 2 N–H and O–H groups in total. The van der Waals surface area contributed by atoms with Gasteiger partial charge >= 0.3 is 6.03 Å². The van der Waals surface area contributed by atoms with E-state index in [0.717, 1.165) is 21.4 Å². The van der Waals surface area contributed by atoms with Gasteiger partial charge in [0.15, 0.2) is 0 Å². The van der Waals surface area contributed by atoms with E-state index in [-0.39, 0.29) is 18.0 Å². The third kappa shape index (κ3) is 4.39. The Morgan fingerprint density at radius 2 is 1.69 bits per heavy atom. The predicted octanol–water partition coefficient (Wildman–Crippen LogP) is 4.25. The number of fused-ring (bicyclic) bond motifs is 1. The van der Waals surface area contributed by atoms with E-state index in [1.54, 1.807) is 41.1 Å². The Kier molecular flexibility index (Phi) is 5.92. The fourth-order valence-corrected chi connectivity index (χ4v) is 4.21. The normalized spacial score (nSPS) is 14.9. The zero-order chi connectivity index (χ0) is 25.2. The van der Waals surface area contributed by atoms with Crippen LogP contribution in [0.15, 0.2) is 90.6 Å². The molecule has 178 valence electrons. The number of carbonyl (C=O) groups excluding carboxylic acids is 4. The molecule has 8 nitrogen and oxygen atoms in total. The Bertz CT molecular complexity index is 1550. The molecule has 0 radical (unpaired) electrons. The summed E-state index contributed by atoms with van der Waals surface area (Å²) >= 11 is 0. The molecule has 0 atom stereocenters. The molecule has 1 aliphatic rings. The number of anilines is 2. The lowest BCUT2D eigenvalue weighted by atomic mass is 10.1. The van der Waals surface area contributed by atoms with Gasteiger partial charge < -0.3 is 9.88 Å². The van der Waals surface area contributed by atoms with Crippen molar-refractivity contribution in [2.75, 3.05) is 10.2 Å². The smallest absolute Gasteiger partial charge is 0.335 e. The van der Waals surface area contributed by atoms with E-state index in [4.69, 9.17) is 0 Å². The summed E-state index contributed by atoms with van der Waals surface area (Å²) in [5, 5.41) is 5.87. The number of nitrogens with zero attached hydrogens (tertiary/aromatic N) is 2. The number of urea groups is 1. The molecule has 0 spiro atoms. The molecule has 5 rings (SSSR count). The molecular weight excluding hydrogens is 456 g/mol. The van der Waals surface area contributed by atoms with Crippen LogP contribution in [0.5, 0.6) is 0 Å². The molecule has 2 heterocycles. The maximum Gasteiger partial charge on any atom is 0.335 e. The minimum Gasteiger partial charge on any atom is -0.337 e. The summed E-state index contributed by atoms with van der Waals surface area (Å²) in [7, 11) is 0. The lowest BCUT2D eigenvalue weighted by Crippen LogP contribution is -2.54. The molecule has 36 heavy (non-hydrogen) atoms. The largest absolute Gasteiger partial charge is 0.337 e. The molecular formula is C28H22N4O4. The van der Waals surface area contributed by atoms with Crippen LogP contribution < -0.4 is 15.5 Å². The predicted molar refractivity (Wildman–Crippen MR) is 137 cm³/mol. The number of aromatic nitrogens is 1. The zero-order valence-electron chi connectivity index (χ0n) is 19.4. The van der Waals surface area contributed by atoms with Crippen LogP contribution in [0.4, 0.5) is 16.2 Å². The summed E-state index contributed by atoms with van der Waals surface area (Å²) in [6.45, 7) is 1.88. The average Bonchev–Trinajstić information content (AvgIpc) is 3.19. The van der Waals surface area contributed by atoms with Crippen molar-refractivity contribution < 1.29 is 19.2 Å². The van der Waals surface area contributed by atoms with Gasteiger partial charge in [0.1, 0.15) is 12.1 Å². The topological polar surface area (TPSA) is 101 Å². The van der Waals surface area contributed by atoms with Crippen LogP contribution in [0.1, 0.15) is 11.1 Å². The molecule has 1 aromatic heterocycles. The van der Waals surface area contributed by atoms with Crippen LogP contribution in [0.25, 0.3) is 17.0 Å². The summed E-state index contributed by atoms with van der Waals surface area (Å²) in [6, 6.07) is 22.7. The number of amides is 5. The number of carbonyl (C=O) groups is 4. The van der Waals surface area contributed by atoms with Gasteiger partial charge in [-0.3, -0.25) is 19.7 Å². The van der Waals surface area contributed by atoms with Crippen LogP contribution in [0.3, 0.4) is 0 Å². The van der Waals surface area contributed by atoms with Crippen molar-refractivity contribution in [1.82, 2.24) is 9.88 Å². The van der Waals surface area contributed by atoms with E-state index in [2.05, 4.69) is 10.6 Å². The summed E-state index contributed by atoms with van der Waals surface area (Å²) < 4.78 is 1.76. The molecule has 0 aliphatic carbocycles. The molecule has 3 aromatic carbocycles. The number of aryl methyl sites for hydroxylation is 1. The molecule has 1 saturated heterocycles. The number of imide groups is 2. The standard InChI is InChI=1S/C28H22N4O4/c1-18-8-7-11-21(14-18)32-27(35)23(26(34)30-28(32)36)15-19-16-31(24-13-6-5-12-22(19)24)17-25(33)29-20-9-3-2-4-10-20/h2-16H,17H2,1H3,(H,29,33)(H,30,34,36)/b23-15+. The molecule has 4 aromatic rings. The maximum atomic E-state index is 13.3. The fourth-order valence-electron chi connectivity index (χ4n) is 4.21. The molecule has 0 unspecified atom stereocenters. The van der Waals surface area contributed by atoms with Gasteiger partial charge in [-0.1, -0.05) is 48.5 Å². The molecule has 1 aliphatic heterocycles. The van der Waals surface area contributed by atoms with Crippen molar-refractivity contribution in [2.45, 2.75) is 13.5 Å². The van der Waals surface area contributed by atoms with Gasteiger partial charge in [-0.05, 0) is 48.9 Å². The van der Waals surface area contributed by atoms with Crippen LogP contribution in [-0.4, -0.2) is 28.3 Å². The first-order valence-corrected chi connectivity index (χ1v) is 11.3. The number of benzene rings is 3. The van der Waals surface area contributed by atoms with Crippen molar-refractivity contribution in [3.63, 3.8) is 0 Å². The lowest BCUT2D eigenvalue weighted by molar-refractivity contribution is -0.122. The second-order valence-corrected chi connectivity index (χ2v) is 8.44. The first-order valence-electron chi connectivity index (χ1n) is 11.3. The highest BCUT2D eigenvalue weighted by Crippen LogP contribution is 2.27. The van der Waals surface area contributed by atoms with E-state index in [0.29, 0.717) is 16.9 Å². The Morgan fingerprint density at radius 1 is 0.944 bits per heavy atom. The first-order chi connectivity index (χ1) is 17.4. The van der Waals surface area contributed by atoms with Crippen molar-refractivity contribution in [3.8, 4) is 0 Å². The lowest BCUT2D eigenvalue weighted by Gasteiger charge is -2.26. The number of hydrogen-bond donors (Lipinski definition) is 2. The van der Waals surface area contributed by atoms with Crippen molar-refractivity contribution >= 4 is 52.1 Å². The third-order valence-electron chi connectivity index (χ3n) is 5.85. The highest BCUT2D eigenvalue weighted by molar-refractivity contribution is 6.39. The van der Waals surface area contributed by atoms with E-state index in [9.17, 15) is 19.2 Å². The summed E-state index contributed by atoms with van der Waals surface area (Å²) in [5.41, 5.74) is 3.10. The SMILES string of the molecule is Cc1cccc(N2C(=O)NC(=O)/C(=C\c3cn(CC(=O)Nc4ccccc4)c4ccccc34)C2=O)c1. The highest BCUT2D eigenvalue weighted by Gasteiger charge is 2.37. The molecule has 1 fully saturated rings. The first kappa shape index (κ1) is 22.8. The quantitative estimate of drug-likeness (QED) is 0.331. The second-order valence-electron chi connectivity index (χ2n) is 8.44. The number of nitrogens with one attached hydrogen (secondary N) is 2. The number of rotatable bonds is 5. The minimum absolute atomic E-state index is 0.0344. The van der Waals surface area contributed by atoms with Crippen molar-refractivity contribution in [3.05, 3.63) is 102 Å². The molecule has 5 amide bonds. The molecule has 8 heteroatoms. The minimum atomic E-state index is -0.798. The zero-order valence-corrected chi connectivity index (χ0v) is 19.4. The number of barbiturate groups is 1. The average molecular weight is 479 g/mol. The Labute approximate surface area is 206 Å². The highest BCUT2D eigenvalue weighted by atomic mass is 16.2. The van der Waals surface area contributed by atoms with Crippen LogP contribution >= 0.6 is 0 Å². The van der Waals surface area contributed by atoms with Crippen LogP contribution in [-0.2, 0) is 20.9 Å². The van der Waals surface area contributed by atoms with E-state index in [1.807, 2.05) is 55.5 Å². The van der Waals surface area contributed by atoms with Crippen molar-refractivity contribution in [1.29, 1.82) is 0 Å². The third-order valence-corrected chi connectivity index (χ3v) is 5.85. The Morgan fingerprint density at radius 3 is 2.47 bits per heavy atom. The summed E-state index contributed by atoms with van der Waals surface area (Å²) in [6.07, 6.45) is 3.18. The number of hydrogen-bond acceptors (Lipinski definition) is 4. The van der Waals surface area contributed by atoms with Gasteiger partial charge in [-0.2, -0.15) is 0 Å². The van der Waals surface area contributed by atoms with Gasteiger partial charge in [0.2, 0.25) is 5.91 Å². The Balaban J connectivity index is 1.49.